The van der Waals surface area contributed by atoms with Crippen molar-refractivity contribution in [3.63, 3.8) is 0 Å². The molecule has 0 atom stereocenters. The molecule has 4 nitrogen and oxygen atoms in total. The molecule has 0 saturated carbocycles. The topological polar surface area (TPSA) is 61.9 Å². The lowest BCUT2D eigenvalue weighted by Gasteiger charge is -2.39. The molecule has 0 radical (unpaired) electrons. The van der Waals surface area contributed by atoms with Crippen LogP contribution in [-0.4, -0.2) is 46.6 Å². The van der Waals surface area contributed by atoms with Crippen molar-refractivity contribution in [3.05, 3.63) is 22.4 Å². The zero-order valence-corrected chi connectivity index (χ0v) is 12.8. The Hall–Kier alpha value is -0.720. The number of nitrogens with zero attached hydrogens (tertiary/aromatic N) is 2. The quantitative estimate of drug-likeness (QED) is 0.379. The summed E-state index contributed by atoms with van der Waals surface area (Å²) in [6, 6.07) is 4.30. The zero-order chi connectivity index (χ0) is 13.7. The van der Waals surface area contributed by atoms with E-state index in [0.29, 0.717) is 5.84 Å². The fraction of sp³-hybridized carbons (Fsp3) is 0.615. The summed E-state index contributed by atoms with van der Waals surface area (Å²) in [6.07, 6.45) is 5.07. The Morgan fingerprint density at radius 1 is 1.58 bits per heavy atom. The third-order valence-electron chi connectivity index (χ3n) is 3.88. The highest BCUT2D eigenvalue weighted by Crippen LogP contribution is 2.34. The van der Waals surface area contributed by atoms with Crippen molar-refractivity contribution < 1.29 is 5.21 Å². The molecule has 106 valence electrons. The van der Waals surface area contributed by atoms with Gasteiger partial charge in [0.25, 0.3) is 0 Å². The van der Waals surface area contributed by atoms with Crippen LogP contribution in [0.15, 0.2) is 22.7 Å². The summed E-state index contributed by atoms with van der Waals surface area (Å²) in [5.41, 5.74) is 5.85. The number of piperidine rings is 1. The normalized spacial score (nSPS) is 20.6. The predicted octanol–water partition coefficient (Wildman–Crippen LogP) is 2.23. The maximum Gasteiger partial charge on any atom is 0.155 e. The molecule has 1 aromatic heterocycles. The molecule has 19 heavy (non-hydrogen) atoms. The molecule has 1 aliphatic heterocycles. The molecule has 2 heterocycles. The van der Waals surface area contributed by atoms with Crippen LogP contribution in [0.4, 0.5) is 0 Å². The van der Waals surface area contributed by atoms with Gasteiger partial charge in [0.05, 0.1) is 4.75 Å². The Balaban J connectivity index is 1.84. The Bertz CT molecular complexity index is 412. The number of amidine groups is 1. The van der Waals surface area contributed by atoms with Gasteiger partial charge < -0.3 is 15.8 Å². The van der Waals surface area contributed by atoms with Gasteiger partial charge in [0.1, 0.15) is 0 Å². The molecule has 1 fully saturated rings. The highest BCUT2D eigenvalue weighted by Gasteiger charge is 2.37. The lowest BCUT2D eigenvalue weighted by molar-refractivity contribution is 0.219. The lowest BCUT2D eigenvalue weighted by atomic mass is 9.94. The van der Waals surface area contributed by atoms with E-state index in [2.05, 4.69) is 27.6 Å². The first kappa shape index (κ1) is 14.7. The van der Waals surface area contributed by atoms with E-state index in [0.717, 1.165) is 38.9 Å². The van der Waals surface area contributed by atoms with Crippen molar-refractivity contribution in [2.75, 3.05) is 25.9 Å². The second kappa shape index (κ2) is 6.63. The fourth-order valence-electron chi connectivity index (χ4n) is 2.52. The average molecular weight is 299 g/mol. The van der Waals surface area contributed by atoms with E-state index < -0.39 is 0 Å². The van der Waals surface area contributed by atoms with Crippen molar-refractivity contribution >= 4 is 28.9 Å². The van der Waals surface area contributed by atoms with E-state index in [1.54, 1.807) is 11.8 Å². The number of rotatable bonds is 5. The summed E-state index contributed by atoms with van der Waals surface area (Å²) in [6.45, 7) is 3.13. The summed E-state index contributed by atoms with van der Waals surface area (Å²) >= 11 is 3.52. The van der Waals surface area contributed by atoms with E-state index >= 15 is 0 Å². The predicted molar refractivity (Wildman–Crippen MR) is 83.4 cm³/mol. The molecule has 3 N–H and O–H groups in total. The minimum Gasteiger partial charge on any atom is -0.409 e. The molecule has 0 spiro atoms. The summed E-state index contributed by atoms with van der Waals surface area (Å²) in [4.78, 5) is 3.91. The fourth-order valence-corrected chi connectivity index (χ4v) is 4.06. The first-order chi connectivity index (χ1) is 9.20. The summed E-state index contributed by atoms with van der Waals surface area (Å²) in [7, 11) is 0. The average Bonchev–Trinajstić information content (AvgIpc) is 2.98. The molecule has 6 heteroatoms. The van der Waals surface area contributed by atoms with Crippen LogP contribution >= 0.6 is 23.1 Å². The standard InChI is InChI=1S/C13H21N3OS2/c1-18-13(12(14)15-17)5-8-16(9-6-13)7-4-11-3-2-10-19-11/h2-3,10,17H,4-9H2,1H3,(H2,14,15). The minimum absolute atomic E-state index is 0.172. The van der Waals surface area contributed by atoms with Crippen LogP contribution in [0.3, 0.4) is 0 Å². The Morgan fingerprint density at radius 2 is 2.32 bits per heavy atom. The molecule has 0 amide bonds. The zero-order valence-electron chi connectivity index (χ0n) is 11.2. The van der Waals surface area contributed by atoms with Crippen LogP contribution in [0, 0.1) is 0 Å². The van der Waals surface area contributed by atoms with E-state index in [-0.39, 0.29) is 4.75 Å². The van der Waals surface area contributed by atoms with Gasteiger partial charge in [-0.15, -0.1) is 11.3 Å². The van der Waals surface area contributed by atoms with Gasteiger partial charge in [-0.3, -0.25) is 0 Å². The molecule has 0 aromatic carbocycles. The first-order valence-corrected chi connectivity index (χ1v) is 8.58. The molecule has 0 bridgehead atoms. The molecule has 1 saturated heterocycles. The number of nitrogens with two attached hydrogens (primary N) is 1. The van der Waals surface area contributed by atoms with Crippen molar-refractivity contribution in [1.29, 1.82) is 0 Å². The molecule has 2 rings (SSSR count). The van der Waals surface area contributed by atoms with Crippen LogP contribution in [0.1, 0.15) is 17.7 Å². The van der Waals surface area contributed by atoms with Crippen molar-refractivity contribution in [1.82, 2.24) is 4.90 Å². The van der Waals surface area contributed by atoms with Crippen molar-refractivity contribution in [3.8, 4) is 0 Å². The van der Waals surface area contributed by atoms with Gasteiger partial charge >= 0.3 is 0 Å². The Labute approximate surface area is 122 Å². The maximum absolute atomic E-state index is 8.92. The number of hydrogen-bond donors (Lipinski definition) is 2. The smallest absolute Gasteiger partial charge is 0.155 e. The number of likely N-dealkylation sites (tertiary alicyclic amines) is 1. The molecular formula is C13H21N3OS2. The molecular weight excluding hydrogens is 278 g/mol. The van der Waals surface area contributed by atoms with E-state index in [1.165, 1.54) is 4.88 Å². The third kappa shape index (κ3) is 3.43. The van der Waals surface area contributed by atoms with Gasteiger partial charge in [0.15, 0.2) is 5.84 Å². The third-order valence-corrected chi connectivity index (χ3v) is 6.22. The van der Waals surface area contributed by atoms with Crippen LogP contribution in [0.25, 0.3) is 0 Å². The first-order valence-electron chi connectivity index (χ1n) is 6.48. The van der Waals surface area contributed by atoms with E-state index in [4.69, 9.17) is 10.9 Å². The van der Waals surface area contributed by atoms with Crippen molar-refractivity contribution in [2.24, 2.45) is 10.9 Å². The highest BCUT2D eigenvalue weighted by molar-refractivity contribution is 8.00. The van der Waals surface area contributed by atoms with Gasteiger partial charge in [0, 0.05) is 11.4 Å². The SMILES string of the molecule is CSC1(C(N)=NO)CCN(CCc2cccs2)CC1. The highest BCUT2D eigenvalue weighted by atomic mass is 32.2. The number of thioether (sulfide) groups is 1. The molecule has 0 unspecified atom stereocenters. The number of hydrogen-bond acceptors (Lipinski definition) is 5. The maximum atomic E-state index is 8.92. The largest absolute Gasteiger partial charge is 0.409 e. The summed E-state index contributed by atoms with van der Waals surface area (Å²) in [5.74, 6) is 0.373. The minimum atomic E-state index is -0.172. The molecule has 1 aromatic rings. The van der Waals surface area contributed by atoms with E-state index in [1.807, 2.05) is 17.6 Å². The summed E-state index contributed by atoms with van der Waals surface area (Å²) < 4.78 is -0.172. The van der Waals surface area contributed by atoms with E-state index in [9.17, 15) is 0 Å². The molecule has 1 aliphatic rings. The number of oxime groups is 1. The van der Waals surface area contributed by atoms with Crippen LogP contribution in [0.2, 0.25) is 0 Å². The summed E-state index contributed by atoms with van der Waals surface area (Å²) in [5, 5.41) is 14.3. The number of thiophene rings is 1. The van der Waals surface area contributed by atoms with Gasteiger partial charge in [-0.25, -0.2) is 0 Å². The lowest BCUT2D eigenvalue weighted by Crippen LogP contribution is -2.50. The van der Waals surface area contributed by atoms with Crippen molar-refractivity contribution in [2.45, 2.75) is 24.0 Å². The Kier molecular flexibility index (Phi) is 5.13. The van der Waals surface area contributed by atoms with Gasteiger partial charge in [-0.05, 0) is 50.1 Å². The van der Waals surface area contributed by atoms with Gasteiger partial charge in [0.2, 0.25) is 0 Å². The van der Waals surface area contributed by atoms with Gasteiger partial charge in [-0.1, -0.05) is 11.2 Å². The second-order valence-corrected chi connectivity index (χ2v) is 7.08. The van der Waals surface area contributed by atoms with Gasteiger partial charge in [-0.2, -0.15) is 11.8 Å². The van der Waals surface area contributed by atoms with Crippen LogP contribution in [-0.2, 0) is 6.42 Å². The van der Waals surface area contributed by atoms with Crippen LogP contribution in [0.5, 0.6) is 0 Å². The molecule has 0 aliphatic carbocycles. The second-order valence-electron chi connectivity index (χ2n) is 4.85. The van der Waals surface area contributed by atoms with Crippen LogP contribution < -0.4 is 5.73 Å². The monoisotopic (exact) mass is 299 g/mol. The Morgan fingerprint density at radius 3 is 2.84 bits per heavy atom.